The number of nitrogens with one attached hydrogen (secondary N) is 1. The molecule has 0 saturated carbocycles. The van der Waals surface area contributed by atoms with Gasteiger partial charge in [-0.1, -0.05) is 12.2 Å². The molecule has 1 fully saturated rings. The Labute approximate surface area is 161 Å². The number of nitrogens with zero attached hydrogens (tertiary/aromatic N) is 4. The molecule has 1 N–H and O–H groups in total. The zero-order chi connectivity index (χ0) is 16.9. The Morgan fingerprint density at radius 3 is 2.92 bits per heavy atom. The lowest BCUT2D eigenvalue weighted by Gasteiger charge is -2.26. The molecule has 0 spiro atoms. The molecule has 1 saturated heterocycles. The van der Waals surface area contributed by atoms with E-state index < -0.39 is 0 Å². The number of anilines is 1. The highest BCUT2D eigenvalue weighted by atomic mass is 35.5. The van der Waals surface area contributed by atoms with Crippen LogP contribution in [0.5, 0.6) is 0 Å². The maximum absolute atomic E-state index is 5.40. The zero-order valence-electron chi connectivity index (χ0n) is 15.1. The van der Waals surface area contributed by atoms with Crippen LogP contribution in [0.3, 0.4) is 0 Å². The minimum atomic E-state index is 0. The lowest BCUT2D eigenvalue weighted by molar-refractivity contribution is 0.0378. The summed E-state index contributed by atoms with van der Waals surface area (Å²) < 4.78 is 7.31. The first-order chi connectivity index (χ1) is 12.4. The number of hydrogen-bond donors (Lipinski definition) is 1. The van der Waals surface area contributed by atoms with Crippen molar-refractivity contribution in [2.45, 2.75) is 31.6 Å². The number of aromatic nitrogens is 3. The van der Waals surface area contributed by atoms with Crippen LogP contribution in [-0.2, 0) is 4.74 Å². The van der Waals surface area contributed by atoms with E-state index in [-0.39, 0.29) is 12.4 Å². The summed E-state index contributed by atoms with van der Waals surface area (Å²) in [7, 11) is 0. The van der Waals surface area contributed by atoms with Gasteiger partial charge in [0.15, 0.2) is 5.65 Å². The van der Waals surface area contributed by atoms with Crippen molar-refractivity contribution >= 4 is 23.9 Å². The SMILES string of the molecule is C1=CCC(c2cc(NCCCN3CCOCC3)nn3ccnc23)CC1.Cl. The van der Waals surface area contributed by atoms with Crippen LogP contribution in [0.25, 0.3) is 5.65 Å². The van der Waals surface area contributed by atoms with E-state index in [1.165, 1.54) is 12.0 Å². The number of allylic oxidation sites excluding steroid dienone is 2. The highest BCUT2D eigenvalue weighted by molar-refractivity contribution is 5.85. The first-order valence-electron chi connectivity index (χ1n) is 9.43. The summed E-state index contributed by atoms with van der Waals surface area (Å²) >= 11 is 0. The summed E-state index contributed by atoms with van der Waals surface area (Å²) in [6.45, 7) is 5.90. The normalized spacial score (nSPS) is 20.8. The number of rotatable bonds is 6. The molecule has 26 heavy (non-hydrogen) atoms. The molecule has 1 aliphatic heterocycles. The minimum Gasteiger partial charge on any atom is -0.379 e. The first-order valence-corrected chi connectivity index (χ1v) is 9.43. The van der Waals surface area contributed by atoms with Crippen molar-refractivity contribution in [3.8, 4) is 0 Å². The lowest BCUT2D eigenvalue weighted by atomic mass is 9.88. The second-order valence-corrected chi connectivity index (χ2v) is 6.90. The number of morpholine rings is 1. The van der Waals surface area contributed by atoms with Crippen LogP contribution in [0.1, 0.15) is 37.2 Å². The van der Waals surface area contributed by atoms with Gasteiger partial charge < -0.3 is 10.1 Å². The Bertz CT molecular complexity index is 726. The van der Waals surface area contributed by atoms with E-state index in [9.17, 15) is 0 Å². The fourth-order valence-corrected chi connectivity index (χ4v) is 3.75. The third kappa shape index (κ3) is 4.55. The Hall–Kier alpha value is -1.63. The van der Waals surface area contributed by atoms with E-state index in [2.05, 4.69) is 38.5 Å². The van der Waals surface area contributed by atoms with E-state index >= 15 is 0 Å². The molecular formula is C19H28ClN5O. The van der Waals surface area contributed by atoms with Crippen LogP contribution in [-0.4, -0.2) is 58.9 Å². The van der Waals surface area contributed by atoms with Crippen LogP contribution >= 0.6 is 12.4 Å². The van der Waals surface area contributed by atoms with Crippen molar-refractivity contribution in [1.29, 1.82) is 0 Å². The average Bonchev–Trinajstić information content (AvgIpc) is 3.15. The molecule has 1 unspecified atom stereocenters. The van der Waals surface area contributed by atoms with Gasteiger partial charge in [0.25, 0.3) is 0 Å². The maximum Gasteiger partial charge on any atom is 0.157 e. The Morgan fingerprint density at radius 2 is 2.12 bits per heavy atom. The van der Waals surface area contributed by atoms with Crippen molar-refractivity contribution in [3.63, 3.8) is 0 Å². The van der Waals surface area contributed by atoms with Gasteiger partial charge in [-0.25, -0.2) is 9.50 Å². The van der Waals surface area contributed by atoms with Crippen LogP contribution < -0.4 is 5.32 Å². The highest BCUT2D eigenvalue weighted by Gasteiger charge is 2.18. The number of fused-ring (bicyclic) bond motifs is 1. The quantitative estimate of drug-likeness (QED) is 0.619. The van der Waals surface area contributed by atoms with Gasteiger partial charge in [-0.3, -0.25) is 4.90 Å². The summed E-state index contributed by atoms with van der Waals surface area (Å²) in [4.78, 5) is 6.99. The Kier molecular flexibility index (Phi) is 6.88. The van der Waals surface area contributed by atoms with Crippen LogP contribution in [0.15, 0.2) is 30.6 Å². The third-order valence-electron chi connectivity index (χ3n) is 5.16. The molecule has 3 heterocycles. The zero-order valence-corrected chi connectivity index (χ0v) is 16.0. The lowest BCUT2D eigenvalue weighted by Crippen LogP contribution is -2.37. The Balaban J connectivity index is 0.00000196. The largest absolute Gasteiger partial charge is 0.379 e. The molecule has 7 heteroatoms. The Morgan fingerprint density at radius 1 is 1.23 bits per heavy atom. The van der Waals surface area contributed by atoms with Crippen molar-refractivity contribution in [1.82, 2.24) is 19.5 Å². The molecule has 142 valence electrons. The van der Waals surface area contributed by atoms with Gasteiger partial charge in [0.05, 0.1) is 13.2 Å². The van der Waals surface area contributed by atoms with Crippen molar-refractivity contribution in [3.05, 3.63) is 36.2 Å². The van der Waals surface area contributed by atoms with Crippen molar-refractivity contribution in [2.24, 2.45) is 0 Å². The summed E-state index contributed by atoms with van der Waals surface area (Å²) in [6, 6.07) is 2.21. The smallest absolute Gasteiger partial charge is 0.157 e. The standard InChI is InChI=1S/C19H27N5O.ClH/c1-2-5-16(6-3-1)17-15-18(22-24-10-8-21-19(17)24)20-7-4-9-23-11-13-25-14-12-23;/h1-2,8,10,15-16H,3-7,9,11-14H2,(H,20,22);1H. The van der Waals surface area contributed by atoms with Gasteiger partial charge >= 0.3 is 0 Å². The number of ether oxygens (including phenoxy) is 1. The molecule has 0 aromatic carbocycles. The number of halogens is 1. The minimum absolute atomic E-state index is 0. The molecule has 1 atom stereocenters. The summed E-state index contributed by atoms with van der Waals surface area (Å²) in [5.74, 6) is 1.50. The molecule has 2 aromatic rings. The first kappa shape index (κ1) is 19.1. The highest BCUT2D eigenvalue weighted by Crippen LogP contribution is 2.32. The average molecular weight is 378 g/mol. The molecule has 0 amide bonds. The fraction of sp³-hybridized carbons (Fsp3) is 0.579. The van der Waals surface area contributed by atoms with Crippen LogP contribution in [0.2, 0.25) is 0 Å². The van der Waals surface area contributed by atoms with Gasteiger partial charge in [0, 0.05) is 37.6 Å². The molecular weight excluding hydrogens is 350 g/mol. The van der Waals surface area contributed by atoms with E-state index in [0.717, 1.165) is 70.1 Å². The topological polar surface area (TPSA) is 54.7 Å². The molecule has 2 aliphatic rings. The number of imidazole rings is 1. The van der Waals surface area contributed by atoms with Gasteiger partial charge in [0.1, 0.15) is 5.82 Å². The van der Waals surface area contributed by atoms with Crippen molar-refractivity contribution in [2.75, 3.05) is 44.7 Å². The van der Waals surface area contributed by atoms with Crippen LogP contribution in [0.4, 0.5) is 5.82 Å². The maximum atomic E-state index is 5.40. The molecule has 0 radical (unpaired) electrons. The fourth-order valence-electron chi connectivity index (χ4n) is 3.75. The van der Waals surface area contributed by atoms with Crippen LogP contribution in [0, 0.1) is 0 Å². The van der Waals surface area contributed by atoms with Gasteiger partial charge in [-0.15, -0.1) is 17.5 Å². The molecule has 0 bridgehead atoms. The monoisotopic (exact) mass is 377 g/mol. The second kappa shape index (κ2) is 9.35. The molecule has 4 rings (SSSR count). The summed E-state index contributed by atoms with van der Waals surface area (Å²) in [5.41, 5.74) is 2.32. The molecule has 6 nitrogen and oxygen atoms in total. The summed E-state index contributed by atoms with van der Waals surface area (Å²) in [6.07, 6.45) is 12.9. The number of hydrogen-bond acceptors (Lipinski definition) is 5. The van der Waals surface area contributed by atoms with Crippen molar-refractivity contribution < 1.29 is 4.74 Å². The van der Waals surface area contributed by atoms with Gasteiger partial charge in [-0.05, 0) is 44.2 Å². The second-order valence-electron chi connectivity index (χ2n) is 6.90. The molecule has 2 aromatic heterocycles. The van der Waals surface area contributed by atoms with E-state index in [0.29, 0.717) is 5.92 Å². The molecule has 1 aliphatic carbocycles. The summed E-state index contributed by atoms with van der Waals surface area (Å²) in [5, 5.41) is 8.18. The van der Waals surface area contributed by atoms with Gasteiger partial charge in [0.2, 0.25) is 0 Å². The van der Waals surface area contributed by atoms with Gasteiger partial charge in [-0.2, -0.15) is 0 Å². The van der Waals surface area contributed by atoms with E-state index in [1.54, 1.807) is 0 Å². The predicted molar refractivity (Wildman–Crippen MR) is 106 cm³/mol. The third-order valence-corrected chi connectivity index (χ3v) is 5.16. The predicted octanol–water partition coefficient (Wildman–Crippen LogP) is 3.11. The van der Waals surface area contributed by atoms with E-state index in [4.69, 9.17) is 4.74 Å². The van der Waals surface area contributed by atoms with E-state index in [1.807, 2.05) is 16.9 Å².